The van der Waals surface area contributed by atoms with Crippen LogP contribution in [0.25, 0.3) is 0 Å². The number of carbonyl (C=O) groups is 1. The van der Waals surface area contributed by atoms with E-state index in [1.165, 1.54) is 6.92 Å². The first kappa shape index (κ1) is 19.0. The number of hydrogen-bond donors (Lipinski definition) is 1. The van der Waals surface area contributed by atoms with Gasteiger partial charge in [0.2, 0.25) is 0 Å². The van der Waals surface area contributed by atoms with Gasteiger partial charge in [0, 0.05) is 26.2 Å². The van der Waals surface area contributed by atoms with Crippen LogP contribution in [-0.2, 0) is 9.53 Å². The van der Waals surface area contributed by atoms with Crippen LogP contribution in [0, 0.1) is 0 Å². The van der Waals surface area contributed by atoms with E-state index >= 15 is 0 Å². The summed E-state index contributed by atoms with van der Waals surface area (Å²) in [6.45, 7) is 7.55. The van der Waals surface area contributed by atoms with Crippen LogP contribution in [0.15, 0.2) is 36.7 Å². The summed E-state index contributed by atoms with van der Waals surface area (Å²) in [5.41, 5.74) is 1.56. The molecule has 0 spiro atoms. The smallest absolute Gasteiger partial charge is 0.302 e. The molecule has 1 atom stereocenters. The van der Waals surface area contributed by atoms with Gasteiger partial charge in [-0.3, -0.25) is 9.78 Å². The number of carbonyl (C=O) groups excluding carboxylic acids is 1. The first-order valence-electron chi connectivity index (χ1n) is 8.25. The van der Waals surface area contributed by atoms with Crippen LogP contribution in [0.3, 0.4) is 0 Å². The van der Waals surface area contributed by atoms with Crippen molar-refractivity contribution in [2.45, 2.75) is 26.8 Å². The minimum atomic E-state index is -0.337. The van der Waals surface area contributed by atoms with Crippen molar-refractivity contribution >= 4 is 29.1 Å². The third-order valence-electron chi connectivity index (χ3n) is 3.74. The highest BCUT2D eigenvalue weighted by Gasteiger charge is 2.15. The molecule has 134 valence electrons. The second-order valence-electron chi connectivity index (χ2n) is 5.48. The lowest BCUT2D eigenvalue weighted by Gasteiger charge is -2.21. The molecule has 0 aliphatic heterocycles. The Bertz CT molecular complexity index is 672. The summed E-state index contributed by atoms with van der Waals surface area (Å²) in [5.74, 6) is 0.590. The number of ether oxygens (including phenoxy) is 1. The summed E-state index contributed by atoms with van der Waals surface area (Å²) in [4.78, 5) is 22.1. The molecular formula is C18H23ClN4O2. The molecule has 2 rings (SSSR count). The Morgan fingerprint density at radius 1 is 1.20 bits per heavy atom. The molecule has 0 saturated heterocycles. The monoisotopic (exact) mass is 362 g/mol. The van der Waals surface area contributed by atoms with E-state index in [2.05, 4.69) is 34.0 Å². The number of nitrogens with one attached hydrogen (secondary N) is 1. The second kappa shape index (κ2) is 9.22. The van der Waals surface area contributed by atoms with E-state index in [0.717, 1.165) is 30.3 Å². The molecule has 2 aromatic heterocycles. The van der Waals surface area contributed by atoms with Gasteiger partial charge in [-0.25, -0.2) is 4.98 Å². The Morgan fingerprint density at radius 3 is 2.48 bits per heavy atom. The summed E-state index contributed by atoms with van der Waals surface area (Å²) < 4.78 is 5.15. The van der Waals surface area contributed by atoms with E-state index in [-0.39, 0.29) is 18.6 Å². The number of esters is 1. The minimum Gasteiger partial charge on any atom is -0.463 e. The summed E-state index contributed by atoms with van der Waals surface area (Å²) >= 11 is 5.90. The number of halogens is 1. The van der Waals surface area contributed by atoms with Gasteiger partial charge in [0.15, 0.2) is 0 Å². The SMILES string of the molecule is CCN(CC)c1ccc(N[C@H](COC(C)=O)c2ccc(Cl)cn2)cn1. The molecule has 0 fully saturated rings. The molecule has 2 heterocycles. The molecule has 0 bridgehead atoms. The maximum Gasteiger partial charge on any atom is 0.302 e. The first-order chi connectivity index (χ1) is 12.0. The molecule has 2 aromatic rings. The fourth-order valence-corrected chi connectivity index (χ4v) is 2.51. The molecule has 0 saturated carbocycles. The molecule has 6 nitrogen and oxygen atoms in total. The van der Waals surface area contributed by atoms with Crippen molar-refractivity contribution < 1.29 is 9.53 Å². The molecular weight excluding hydrogens is 340 g/mol. The maximum atomic E-state index is 11.2. The van der Waals surface area contributed by atoms with Crippen molar-refractivity contribution in [3.8, 4) is 0 Å². The highest BCUT2D eigenvalue weighted by Crippen LogP contribution is 2.21. The van der Waals surface area contributed by atoms with Crippen molar-refractivity contribution in [3.63, 3.8) is 0 Å². The van der Waals surface area contributed by atoms with Gasteiger partial charge in [-0.2, -0.15) is 0 Å². The first-order valence-corrected chi connectivity index (χ1v) is 8.63. The van der Waals surface area contributed by atoms with Crippen molar-refractivity contribution in [1.82, 2.24) is 9.97 Å². The average molecular weight is 363 g/mol. The van der Waals surface area contributed by atoms with Gasteiger partial charge >= 0.3 is 5.97 Å². The van der Waals surface area contributed by atoms with E-state index in [9.17, 15) is 4.79 Å². The van der Waals surface area contributed by atoms with Gasteiger partial charge in [0.1, 0.15) is 18.5 Å². The zero-order chi connectivity index (χ0) is 18.2. The van der Waals surface area contributed by atoms with Crippen LogP contribution >= 0.6 is 11.6 Å². The standard InChI is InChI=1S/C18H23ClN4O2/c1-4-23(5-2)18-9-7-15(11-21-18)22-17(12-25-13(3)24)16-8-6-14(19)10-20-16/h6-11,17,22H,4-5,12H2,1-3H3/t17-/m1/s1. The normalized spacial score (nSPS) is 11.7. The average Bonchev–Trinajstić information content (AvgIpc) is 2.61. The fraction of sp³-hybridized carbons (Fsp3) is 0.389. The Kier molecular flexibility index (Phi) is 7.01. The molecule has 0 aliphatic rings. The van der Waals surface area contributed by atoms with E-state index in [4.69, 9.17) is 16.3 Å². The van der Waals surface area contributed by atoms with Crippen molar-refractivity contribution in [1.29, 1.82) is 0 Å². The summed E-state index contributed by atoms with van der Waals surface area (Å²) in [6.07, 6.45) is 3.34. The zero-order valence-electron chi connectivity index (χ0n) is 14.7. The van der Waals surface area contributed by atoms with Crippen LogP contribution in [0.2, 0.25) is 5.02 Å². The quantitative estimate of drug-likeness (QED) is 0.722. The number of rotatable bonds is 8. The number of aromatic nitrogens is 2. The summed E-state index contributed by atoms with van der Waals surface area (Å²) in [7, 11) is 0. The van der Waals surface area contributed by atoms with Gasteiger partial charge in [-0.05, 0) is 38.1 Å². The van der Waals surface area contributed by atoms with Crippen LogP contribution in [-0.4, -0.2) is 35.6 Å². The summed E-state index contributed by atoms with van der Waals surface area (Å²) in [6, 6.07) is 7.20. The van der Waals surface area contributed by atoms with E-state index < -0.39 is 0 Å². The molecule has 0 amide bonds. The summed E-state index contributed by atoms with van der Waals surface area (Å²) in [5, 5.41) is 3.86. The highest BCUT2D eigenvalue weighted by atomic mass is 35.5. The highest BCUT2D eigenvalue weighted by molar-refractivity contribution is 6.30. The number of anilines is 2. The molecule has 0 aliphatic carbocycles. The van der Waals surface area contributed by atoms with Gasteiger partial charge in [-0.15, -0.1) is 0 Å². The third-order valence-corrected chi connectivity index (χ3v) is 3.96. The maximum absolute atomic E-state index is 11.2. The Balaban J connectivity index is 2.15. The topological polar surface area (TPSA) is 67.3 Å². The Morgan fingerprint density at radius 2 is 1.96 bits per heavy atom. The zero-order valence-corrected chi connectivity index (χ0v) is 15.5. The lowest BCUT2D eigenvalue weighted by Crippen LogP contribution is -2.23. The van der Waals surface area contributed by atoms with Gasteiger partial charge < -0.3 is 15.0 Å². The van der Waals surface area contributed by atoms with Crippen molar-refractivity contribution in [2.75, 3.05) is 29.9 Å². The van der Waals surface area contributed by atoms with Gasteiger partial charge in [0.25, 0.3) is 0 Å². The largest absolute Gasteiger partial charge is 0.463 e. The van der Waals surface area contributed by atoms with Crippen LogP contribution in [0.5, 0.6) is 0 Å². The molecule has 1 N–H and O–H groups in total. The van der Waals surface area contributed by atoms with E-state index in [0.29, 0.717) is 5.02 Å². The molecule has 0 unspecified atom stereocenters. The lowest BCUT2D eigenvalue weighted by molar-refractivity contribution is -0.141. The molecule has 0 radical (unpaired) electrons. The van der Waals surface area contributed by atoms with E-state index in [1.807, 2.05) is 12.1 Å². The predicted octanol–water partition coefficient (Wildman–Crippen LogP) is 3.69. The van der Waals surface area contributed by atoms with Crippen LogP contribution in [0.1, 0.15) is 32.5 Å². The number of nitrogens with zero attached hydrogens (tertiary/aromatic N) is 3. The van der Waals surface area contributed by atoms with Gasteiger partial charge in [0.05, 0.1) is 22.6 Å². The molecule has 0 aromatic carbocycles. The minimum absolute atomic E-state index is 0.168. The molecule has 25 heavy (non-hydrogen) atoms. The second-order valence-corrected chi connectivity index (χ2v) is 5.91. The fourth-order valence-electron chi connectivity index (χ4n) is 2.40. The van der Waals surface area contributed by atoms with Crippen molar-refractivity contribution in [3.05, 3.63) is 47.4 Å². The Labute approximate surface area is 153 Å². The Hall–Kier alpha value is -2.34. The van der Waals surface area contributed by atoms with Crippen LogP contribution < -0.4 is 10.2 Å². The molecule has 7 heteroatoms. The lowest BCUT2D eigenvalue weighted by atomic mass is 10.2. The number of pyridine rings is 2. The third kappa shape index (κ3) is 5.60. The number of hydrogen-bond acceptors (Lipinski definition) is 6. The van der Waals surface area contributed by atoms with Gasteiger partial charge in [-0.1, -0.05) is 11.6 Å². The van der Waals surface area contributed by atoms with Crippen molar-refractivity contribution in [2.24, 2.45) is 0 Å². The van der Waals surface area contributed by atoms with Crippen LogP contribution in [0.4, 0.5) is 11.5 Å². The predicted molar refractivity (Wildman–Crippen MR) is 100 cm³/mol. The van der Waals surface area contributed by atoms with E-state index in [1.54, 1.807) is 24.5 Å².